The summed E-state index contributed by atoms with van der Waals surface area (Å²) in [6.45, 7) is 0. The number of sulfone groups is 1. The Labute approximate surface area is 191 Å². The van der Waals surface area contributed by atoms with Gasteiger partial charge in [0.05, 0.1) is 14.7 Å². The molecular formula is C14H11Li2NO9S3. The second-order valence-electron chi connectivity index (χ2n) is 5.36. The van der Waals surface area contributed by atoms with Crippen LogP contribution in [0.15, 0.2) is 57.2 Å². The van der Waals surface area contributed by atoms with Gasteiger partial charge in [-0.05, 0) is 36.4 Å². The molecule has 0 spiro atoms. The fraction of sp³-hybridized carbons (Fsp3) is 0.0714. The molecule has 0 bridgehead atoms. The summed E-state index contributed by atoms with van der Waals surface area (Å²) in [6, 6.07) is 6.57. The topological polar surface area (TPSA) is 178 Å². The van der Waals surface area contributed by atoms with Crippen LogP contribution in [-0.4, -0.2) is 46.5 Å². The van der Waals surface area contributed by atoms with Crippen LogP contribution in [-0.2, 0) is 30.1 Å². The molecule has 2 aromatic rings. The standard InChI is InChI=1S/C14H13NO9S3.2Li/c1-25(17,18)11-4-2-3-9(5-11)14(16)15-10-6-12(26(19,20)21)8-13(7-10)27(22,23)24;;/h2-8H,1H3,(H,15,16)(H,19,20,21)(H,22,23,24);;/q;2*+1/p-2. The van der Waals surface area contributed by atoms with Gasteiger partial charge in [0.1, 0.15) is 20.2 Å². The van der Waals surface area contributed by atoms with Gasteiger partial charge in [0.25, 0.3) is 5.91 Å². The third-order valence-electron chi connectivity index (χ3n) is 3.24. The van der Waals surface area contributed by atoms with Crippen molar-refractivity contribution in [3.05, 3.63) is 48.0 Å². The minimum Gasteiger partial charge on any atom is -0.744 e. The second-order valence-corrected chi connectivity index (χ2v) is 10.1. The van der Waals surface area contributed by atoms with Crippen LogP contribution in [0.3, 0.4) is 0 Å². The maximum Gasteiger partial charge on any atom is 1.00 e. The van der Waals surface area contributed by atoms with E-state index in [0.29, 0.717) is 18.2 Å². The predicted molar refractivity (Wildman–Crippen MR) is 89.9 cm³/mol. The summed E-state index contributed by atoms with van der Waals surface area (Å²) in [6.07, 6.45) is 0.929. The third-order valence-corrected chi connectivity index (χ3v) is 5.98. The van der Waals surface area contributed by atoms with Crippen LogP contribution in [0.1, 0.15) is 10.4 Å². The van der Waals surface area contributed by atoms with Gasteiger partial charge >= 0.3 is 37.7 Å². The summed E-state index contributed by atoms with van der Waals surface area (Å²) in [5, 5.41) is 2.12. The Hall–Kier alpha value is -1.13. The predicted octanol–water partition coefficient (Wildman–Crippen LogP) is -5.84. The van der Waals surface area contributed by atoms with Crippen LogP contribution in [0.5, 0.6) is 0 Å². The summed E-state index contributed by atoms with van der Waals surface area (Å²) in [5.41, 5.74) is -0.587. The molecule has 2 rings (SSSR count). The number of carbonyl (C=O) groups excluding carboxylic acids is 1. The zero-order valence-corrected chi connectivity index (χ0v) is 17.9. The van der Waals surface area contributed by atoms with Gasteiger partial charge in [-0.15, -0.1) is 0 Å². The van der Waals surface area contributed by atoms with Crippen LogP contribution >= 0.6 is 0 Å². The Morgan fingerprint density at radius 1 is 0.793 bits per heavy atom. The number of benzene rings is 2. The van der Waals surface area contributed by atoms with Crippen molar-refractivity contribution in [3.8, 4) is 0 Å². The number of hydrogen-bond acceptors (Lipinski definition) is 9. The van der Waals surface area contributed by atoms with E-state index >= 15 is 0 Å². The monoisotopic (exact) mass is 447 g/mol. The fourth-order valence-corrected chi connectivity index (χ4v) is 3.83. The van der Waals surface area contributed by atoms with Gasteiger partial charge in [-0.1, -0.05) is 6.07 Å². The Morgan fingerprint density at radius 3 is 1.69 bits per heavy atom. The molecule has 0 radical (unpaired) electrons. The Kier molecular flexibility index (Phi) is 9.41. The fourth-order valence-electron chi connectivity index (χ4n) is 2.00. The molecule has 0 atom stereocenters. The van der Waals surface area contributed by atoms with Gasteiger partial charge in [-0.3, -0.25) is 4.79 Å². The van der Waals surface area contributed by atoms with Crippen molar-refractivity contribution in [2.24, 2.45) is 0 Å². The average molecular weight is 447 g/mol. The van der Waals surface area contributed by atoms with Crippen LogP contribution in [0, 0.1) is 0 Å². The Balaban J connectivity index is 0.00000392. The summed E-state index contributed by atoms with van der Waals surface area (Å²) in [4.78, 5) is 10.0. The molecule has 0 aliphatic rings. The maximum atomic E-state index is 12.3. The van der Waals surface area contributed by atoms with Crippen LogP contribution in [0.4, 0.5) is 5.69 Å². The molecule has 0 saturated heterocycles. The summed E-state index contributed by atoms with van der Waals surface area (Å²) in [5.74, 6) is -0.921. The Morgan fingerprint density at radius 2 is 1.28 bits per heavy atom. The van der Waals surface area contributed by atoms with Crippen molar-refractivity contribution < 1.29 is 76.9 Å². The minimum atomic E-state index is -5.12. The first-order valence-electron chi connectivity index (χ1n) is 6.86. The molecule has 29 heavy (non-hydrogen) atoms. The zero-order chi connectivity index (χ0) is 20.6. The molecule has 1 amide bonds. The number of nitrogens with one attached hydrogen (secondary N) is 1. The maximum absolute atomic E-state index is 12.3. The molecule has 0 fully saturated rings. The molecule has 1 N–H and O–H groups in total. The van der Waals surface area contributed by atoms with Crippen molar-refractivity contribution >= 4 is 41.7 Å². The van der Waals surface area contributed by atoms with Crippen molar-refractivity contribution in [1.82, 2.24) is 0 Å². The largest absolute Gasteiger partial charge is 1.00 e. The molecule has 2 aromatic carbocycles. The van der Waals surface area contributed by atoms with Gasteiger partial charge < -0.3 is 14.4 Å². The average Bonchev–Trinajstić information content (AvgIpc) is 2.52. The number of hydrogen-bond donors (Lipinski definition) is 1. The van der Waals surface area contributed by atoms with Crippen LogP contribution < -0.4 is 43.0 Å². The molecule has 0 heterocycles. The van der Waals surface area contributed by atoms with Crippen molar-refractivity contribution in [2.75, 3.05) is 11.6 Å². The summed E-state index contributed by atoms with van der Waals surface area (Å²) >= 11 is 0. The zero-order valence-electron chi connectivity index (χ0n) is 15.4. The number of rotatable bonds is 5. The van der Waals surface area contributed by atoms with E-state index in [1.165, 1.54) is 18.2 Å². The van der Waals surface area contributed by atoms with E-state index in [4.69, 9.17) is 0 Å². The molecule has 0 aliphatic carbocycles. The molecular weight excluding hydrogens is 436 g/mol. The third kappa shape index (κ3) is 7.57. The van der Waals surface area contributed by atoms with E-state index in [2.05, 4.69) is 5.32 Å². The molecule has 0 unspecified atom stereocenters. The molecule has 146 valence electrons. The minimum absolute atomic E-state index is 0. The molecule has 0 saturated carbocycles. The van der Waals surface area contributed by atoms with Crippen molar-refractivity contribution in [1.29, 1.82) is 0 Å². The van der Waals surface area contributed by atoms with Crippen molar-refractivity contribution in [3.63, 3.8) is 0 Å². The van der Waals surface area contributed by atoms with E-state index < -0.39 is 51.5 Å². The van der Waals surface area contributed by atoms with Gasteiger partial charge in [0.2, 0.25) is 0 Å². The first kappa shape index (κ1) is 27.9. The van der Waals surface area contributed by atoms with E-state index in [1.54, 1.807) is 0 Å². The second kappa shape index (κ2) is 9.79. The summed E-state index contributed by atoms with van der Waals surface area (Å²) < 4.78 is 89.9. The van der Waals surface area contributed by atoms with Crippen molar-refractivity contribution in [2.45, 2.75) is 14.7 Å². The molecule has 15 heteroatoms. The normalized spacial score (nSPS) is 11.7. The first-order valence-corrected chi connectivity index (χ1v) is 11.6. The molecule has 0 aromatic heterocycles. The van der Waals surface area contributed by atoms with Crippen LogP contribution in [0.2, 0.25) is 0 Å². The molecule has 10 nitrogen and oxygen atoms in total. The smallest absolute Gasteiger partial charge is 0.744 e. The molecule has 0 aliphatic heterocycles. The first-order chi connectivity index (χ1) is 12.2. The van der Waals surface area contributed by atoms with E-state index in [0.717, 1.165) is 12.3 Å². The number of carbonyl (C=O) groups is 1. The summed E-state index contributed by atoms with van der Waals surface area (Å²) in [7, 11) is -13.8. The van der Waals surface area contributed by atoms with E-state index in [9.17, 15) is 39.2 Å². The van der Waals surface area contributed by atoms with E-state index in [-0.39, 0.29) is 48.2 Å². The van der Waals surface area contributed by atoms with Gasteiger partial charge in [0, 0.05) is 17.5 Å². The van der Waals surface area contributed by atoms with Gasteiger partial charge in [0.15, 0.2) is 9.84 Å². The van der Waals surface area contributed by atoms with Gasteiger partial charge in [-0.25, -0.2) is 25.3 Å². The van der Waals surface area contributed by atoms with Crippen LogP contribution in [0.25, 0.3) is 0 Å². The van der Waals surface area contributed by atoms with Gasteiger partial charge in [-0.2, -0.15) is 0 Å². The Bertz CT molecular complexity index is 1190. The quantitative estimate of drug-likeness (QED) is 0.345. The van der Waals surface area contributed by atoms with E-state index in [1.807, 2.05) is 0 Å². The number of amides is 1. The number of anilines is 1. The SMILES string of the molecule is CS(=O)(=O)c1cccc(C(=O)Nc2cc(S(=O)(=O)[O-])cc(S(=O)(=O)[O-])c2)c1.[Li+].[Li+].